The molecule has 514 valence electrons. The molecule has 2 atom stereocenters. The number of nitrogens with zero attached hydrogens (tertiary/aromatic N) is 1. The molecule has 90 heavy (non-hydrogen) atoms. The lowest BCUT2D eigenvalue weighted by Crippen LogP contribution is -2.37. The topological polar surface area (TPSA) is 111 Å². The Kier molecular flexibility index (Phi) is 66.1. The van der Waals surface area contributed by atoms with Crippen molar-refractivity contribution in [2.24, 2.45) is 0 Å². The van der Waals surface area contributed by atoms with Gasteiger partial charge in [0, 0.05) is 12.8 Å². The number of unbranched alkanes of at least 4 members (excludes halogenated alkanes) is 28. The second kappa shape index (κ2) is 69.2. The Morgan fingerprint density at radius 3 is 0.889 bits per heavy atom. The smallest absolute Gasteiger partial charge is 0.306 e. The lowest BCUT2D eigenvalue weighted by atomic mass is 10.0. The zero-order chi connectivity index (χ0) is 65.5. The first-order valence-electron chi connectivity index (χ1n) is 36.5. The predicted molar refractivity (Wildman–Crippen MR) is 387 cm³/mol. The molecule has 0 amide bonds. The number of hydrogen-bond acceptors (Lipinski definition) is 8. The highest BCUT2D eigenvalue weighted by atomic mass is 31.2. The van der Waals surface area contributed by atoms with Crippen LogP contribution in [0.2, 0.25) is 0 Å². The van der Waals surface area contributed by atoms with Crippen LogP contribution in [-0.2, 0) is 32.7 Å². The van der Waals surface area contributed by atoms with Crippen molar-refractivity contribution in [2.75, 3.05) is 47.5 Å². The van der Waals surface area contributed by atoms with Crippen LogP contribution in [0.4, 0.5) is 0 Å². The molecule has 0 aliphatic heterocycles. The molecule has 10 heteroatoms. The van der Waals surface area contributed by atoms with Gasteiger partial charge in [0.1, 0.15) is 19.8 Å². The molecule has 0 aromatic rings. The molecule has 0 aromatic carbocycles. The zero-order valence-corrected chi connectivity index (χ0v) is 59.4. The van der Waals surface area contributed by atoms with Crippen LogP contribution in [0.25, 0.3) is 0 Å². The summed E-state index contributed by atoms with van der Waals surface area (Å²) in [4.78, 5) is 38.1. The minimum absolute atomic E-state index is 0.0362. The molecule has 0 saturated heterocycles. The van der Waals surface area contributed by atoms with Crippen LogP contribution in [0.3, 0.4) is 0 Å². The fraction of sp³-hybridized carbons (Fsp3) is 0.675. The molecule has 0 fully saturated rings. The van der Waals surface area contributed by atoms with Crippen LogP contribution in [0.1, 0.15) is 296 Å². The number of carbonyl (C=O) groups is 2. The Labute approximate surface area is 554 Å². The average molecular weight is 1270 g/mol. The molecule has 2 unspecified atom stereocenters. The fourth-order valence-corrected chi connectivity index (χ4v) is 10.6. The molecule has 9 nitrogen and oxygen atoms in total. The van der Waals surface area contributed by atoms with Gasteiger partial charge in [-0.15, -0.1) is 0 Å². The molecule has 0 rings (SSSR count). The average Bonchev–Trinajstić information content (AvgIpc) is 3.58. The van der Waals surface area contributed by atoms with Crippen LogP contribution in [0, 0.1) is 0 Å². The van der Waals surface area contributed by atoms with Crippen LogP contribution >= 0.6 is 7.82 Å². The van der Waals surface area contributed by atoms with E-state index in [1.165, 1.54) is 135 Å². The molecular weight excluding hydrogens is 1130 g/mol. The molecule has 0 spiro atoms. The van der Waals surface area contributed by atoms with Gasteiger partial charge in [0.25, 0.3) is 7.82 Å². The Morgan fingerprint density at radius 2 is 0.600 bits per heavy atom. The molecule has 0 heterocycles. The van der Waals surface area contributed by atoms with E-state index in [0.29, 0.717) is 17.4 Å². The minimum atomic E-state index is -4.65. The number of phosphoric acid groups is 1. The molecule has 0 N–H and O–H groups in total. The van der Waals surface area contributed by atoms with E-state index in [1.54, 1.807) is 0 Å². The third kappa shape index (κ3) is 72.9. The van der Waals surface area contributed by atoms with Crippen molar-refractivity contribution >= 4 is 19.8 Å². The Hall–Kier alpha value is -4.11. The van der Waals surface area contributed by atoms with Gasteiger partial charge in [-0.25, -0.2) is 0 Å². The first-order valence-corrected chi connectivity index (χ1v) is 38.0. The number of quaternary nitrogens is 1. The number of allylic oxidation sites excluding steroid dienone is 24. The second-order valence-corrected chi connectivity index (χ2v) is 26.6. The van der Waals surface area contributed by atoms with E-state index < -0.39 is 26.5 Å². The first kappa shape index (κ1) is 85.9. The summed E-state index contributed by atoms with van der Waals surface area (Å²) in [5, 5.41) is 0. The molecule has 0 saturated carbocycles. The van der Waals surface area contributed by atoms with E-state index in [-0.39, 0.29) is 32.0 Å². The lowest BCUT2D eigenvalue weighted by molar-refractivity contribution is -0.870. The molecule has 0 radical (unpaired) electrons. The van der Waals surface area contributed by atoms with Gasteiger partial charge in [0.05, 0.1) is 27.7 Å². The maximum absolute atomic E-state index is 12.9. The van der Waals surface area contributed by atoms with E-state index in [2.05, 4.69) is 160 Å². The van der Waals surface area contributed by atoms with Crippen molar-refractivity contribution in [3.63, 3.8) is 0 Å². The Balaban J connectivity index is 4.03. The largest absolute Gasteiger partial charge is 0.756 e. The quantitative estimate of drug-likeness (QED) is 0.0195. The third-order valence-corrected chi connectivity index (χ3v) is 16.3. The predicted octanol–water partition coefficient (Wildman–Crippen LogP) is 23.5. The summed E-state index contributed by atoms with van der Waals surface area (Å²) in [6, 6.07) is 0. The molecule has 0 bridgehead atoms. The summed E-state index contributed by atoms with van der Waals surface area (Å²) in [5.74, 6) is -0.835. The van der Waals surface area contributed by atoms with Crippen LogP contribution in [-0.4, -0.2) is 70.0 Å². The van der Waals surface area contributed by atoms with Gasteiger partial charge in [-0.05, 0) is 116 Å². The summed E-state index contributed by atoms with van der Waals surface area (Å²) < 4.78 is 34.3. The van der Waals surface area contributed by atoms with E-state index >= 15 is 0 Å². The first-order chi connectivity index (χ1) is 44.0. The number of hydrogen-bond donors (Lipinski definition) is 0. The number of likely N-dealkylation sites (N-methyl/N-ethyl adjacent to an activating group) is 1. The minimum Gasteiger partial charge on any atom is -0.756 e. The highest BCUT2D eigenvalue weighted by molar-refractivity contribution is 7.45. The molecular formula is C80H136NO8P. The Bertz CT molecular complexity index is 2030. The van der Waals surface area contributed by atoms with Crippen molar-refractivity contribution in [3.05, 3.63) is 146 Å². The summed E-state index contributed by atoms with van der Waals surface area (Å²) in [6.07, 6.45) is 102. The summed E-state index contributed by atoms with van der Waals surface area (Å²) >= 11 is 0. The lowest BCUT2D eigenvalue weighted by Gasteiger charge is -2.28. The number of rotatable bonds is 66. The molecule has 0 aliphatic rings. The molecule has 0 aromatic heterocycles. The number of phosphoric ester groups is 1. The maximum Gasteiger partial charge on any atom is 0.306 e. The summed E-state index contributed by atoms with van der Waals surface area (Å²) in [6.45, 7) is 4.02. The monoisotopic (exact) mass is 1270 g/mol. The van der Waals surface area contributed by atoms with E-state index in [4.69, 9.17) is 18.5 Å². The number of esters is 2. The summed E-state index contributed by atoms with van der Waals surface area (Å²) in [5.41, 5.74) is 0. The van der Waals surface area contributed by atoms with Gasteiger partial charge in [0.15, 0.2) is 6.10 Å². The van der Waals surface area contributed by atoms with Crippen molar-refractivity contribution in [3.8, 4) is 0 Å². The van der Waals surface area contributed by atoms with Crippen LogP contribution < -0.4 is 4.89 Å². The van der Waals surface area contributed by atoms with Crippen molar-refractivity contribution in [1.29, 1.82) is 0 Å². The molecule has 0 aliphatic carbocycles. The highest BCUT2D eigenvalue weighted by Gasteiger charge is 2.22. The van der Waals surface area contributed by atoms with E-state index in [0.717, 1.165) is 128 Å². The van der Waals surface area contributed by atoms with E-state index in [1.807, 2.05) is 21.1 Å². The van der Waals surface area contributed by atoms with Gasteiger partial charge < -0.3 is 27.9 Å². The van der Waals surface area contributed by atoms with Gasteiger partial charge in [-0.3, -0.25) is 14.2 Å². The van der Waals surface area contributed by atoms with Crippen molar-refractivity contribution in [2.45, 2.75) is 302 Å². The third-order valence-electron chi connectivity index (χ3n) is 15.4. The standard InChI is InChI=1S/C80H136NO8P/c1-6-8-10-12-14-16-18-20-22-24-26-28-30-32-34-35-36-37-38-39-40-41-42-43-44-45-47-49-51-53-55-57-59-61-63-65-67-69-71-73-80(83)89-78(77-88-90(84,85)87-75-74-81(3,4)5)76-86-79(82)72-70-68-66-64-62-60-58-56-54-52-50-48-46-33-31-29-27-25-23-21-19-17-15-13-11-9-7-2/h8-11,14-17,20-23,26-29,32-34,36-37,39-40,46,78H,6-7,12-13,18-19,24-25,30-31,35,38,41-45,47-77H2,1-5H3/b10-8-,11-9-,16-14-,17-15-,22-20-,23-21-,28-26-,29-27-,34-32-,37-36-,40-39-,46-33-. The van der Waals surface area contributed by atoms with Gasteiger partial charge >= 0.3 is 11.9 Å². The summed E-state index contributed by atoms with van der Waals surface area (Å²) in [7, 11) is 1.16. The van der Waals surface area contributed by atoms with Crippen molar-refractivity contribution in [1.82, 2.24) is 0 Å². The highest BCUT2D eigenvalue weighted by Crippen LogP contribution is 2.38. The number of ether oxygens (including phenoxy) is 2. The van der Waals surface area contributed by atoms with Crippen LogP contribution in [0.5, 0.6) is 0 Å². The number of carbonyl (C=O) groups excluding carboxylic acids is 2. The maximum atomic E-state index is 12.9. The van der Waals surface area contributed by atoms with Gasteiger partial charge in [-0.2, -0.15) is 0 Å². The van der Waals surface area contributed by atoms with Gasteiger partial charge in [0.2, 0.25) is 0 Å². The van der Waals surface area contributed by atoms with E-state index in [9.17, 15) is 19.0 Å². The van der Waals surface area contributed by atoms with Crippen molar-refractivity contribution < 1.29 is 42.1 Å². The normalized spacial score (nSPS) is 14.0. The zero-order valence-electron chi connectivity index (χ0n) is 58.5. The van der Waals surface area contributed by atoms with Gasteiger partial charge in [-0.1, -0.05) is 314 Å². The SMILES string of the molecule is CC/C=C\C/C=C\C/C=C\C/C=C\C/C=C\C/C=C\C/C=C\CCCCCCCCCCCCCCCCCCCC(=O)OC(COC(=O)CCCCCCCCCCCCC/C=C\C/C=C\C/C=C\C/C=C\C/C=C\CC)COP(=O)([O-])OCC[N+](C)(C)C. The Morgan fingerprint density at radius 1 is 0.344 bits per heavy atom. The second-order valence-electron chi connectivity index (χ2n) is 25.2. The van der Waals surface area contributed by atoms with Crippen LogP contribution in [0.15, 0.2) is 146 Å². The fourth-order valence-electron chi connectivity index (χ4n) is 9.84.